The van der Waals surface area contributed by atoms with E-state index >= 15 is 0 Å². The Bertz CT molecular complexity index is 708. The number of hydrogen-bond acceptors (Lipinski definition) is 3. The van der Waals surface area contributed by atoms with Crippen LogP contribution in [-0.2, 0) is 18.4 Å². The normalized spacial score (nSPS) is 12.0. The molecule has 0 aliphatic carbocycles. The summed E-state index contributed by atoms with van der Waals surface area (Å²) in [5.74, 6) is -0.0374. The number of fused-ring (bicyclic) bond motifs is 1. The molecule has 0 aliphatic rings. The van der Waals surface area contributed by atoms with E-state index in [4.69, 9.17) is 0 Å². The molecule has 0 radical (unpaired) electrons. The number of carbonyl (C=O) groups is 1. The summed E-state index contributed by atoms with van der Waals surface area (Å²) in [6, 6.07) is 7.86. The first-order valence-electron chi connectivity index (χ1n) is 7.69. The van der Waals surface area contributed by atoms with Crippen molar-refractivity contribution in [1.82, 2.24) is 19.8 Å². The van der Waals surface area contributed by atoms with Crippen LogP contribution in [0.3, 0.4) is 0 Å². The van der Waals surface area contributed by atoms with Crippen molar-refractivity contribution >= 4 is 29.3 Å². The molecule has 1 heterocycles. The summed E-state index contributed by atoms with van der Waals surface area (Å²) in [6.45, 7) is 5.92. The van der Waals surface area contributed by atoms with Crippen molar-refractivity contribution in [3.63, 3.8) is 0 Å². The molecule has 1 aromatic heterocycles. The largest absolute Gasteiger partial charge is 0.354 e. The van der Waals surface area contributed by atoms with Gasteiger partial charge in [-0.25, -0.2) is 4.79 Å². The monoisotopic (exact) mass is 340 g/mol. The van der Waals surface area contributed by atoms with E-state index in [1.54, 1.807) is 16.2 Å². The zero-order chi connectivity index (χ0) is 16.1. The Labute approximate surface area is 142 Å². The highest BCUT2D eigenvalue weighted by molar-refractivity contribution is 5.85. The van der Waals surface area contributed by atoms with Crippen LogP contribution in [0.4, 0.5) is 0 Å². The number of halogens is 1. The molecule has 2 N–H and O–H groups in total. The molecule has 0 unspecified atom stereocenters. The number of aryl methyl sites for hydroxylation is 2. The number of nitrogens with zero attached hydrogens (tertiary/aromatic N) is 2. The zero-order valence-electron chi connectivity index (χ0n) is 13.8. The fourth-order valence-electron chi connectivity index (χ4n) is 2.57. The third-order valence-corrected chi connectivity index (χ3v) is 3.77. The summed E-state index contributed by atoms with van der Waals surface area (Å²) in [4.78, 5) is 24.2. The molecular weight excluding hydrogens is 316 g/mol. The average Bonchev–Trinajstić information content (AvgIpc) is 2.76. The van der Waals surface area contributed by atoms with E-state index in [1.807, 2.05) is 38.1 Å². The minimum absolute atomic E-state index is 0. The van der Waals surface area contributed by atoms with E-state index in [1.165, 1.54) is 0 Å². The van der Waals surface area contributed by atoms with Crippen LogP contribution in [0.2, 0.25) is 0 Å². The third-order valence-electron chi connectivity index (χ3n) is 3.77. The molecule has 2 aromatic rings. The second-order valence-electron chi connectivity index (χ2n) is 5.49. The van der Waals surface area contributed by atoms with E-state index in [0.29, 0.717) is 19.5 Å². The molecule has 0 saturated heterocycles. The molecule has 1 amide bonds. The highest BCUT2D eigenvalue weighted by atomic mass is 35.5. The molecule has 0 fully saturated rings. The topological polar surface area (TPSA) is 68.1 Å². The molecular formula is C16H25ClN4O2. The summed E-state index contributed by atoms with van der Waals surface area (Å²) >= 11 is 0. The summed E-state index contributed by atoms with van der Waals surface area (Å²) in [5, 5.41) is 6.13. The smallest absolute Gasteiger partial charge is 0.328 e. The van der Waals surface area contributed by atoms with Gasteiger partial charge < -0.3 is 10.6 Å². The van der Waals surface area contributed by atoms with Crippen LogP contribution in [-0.4, -0.2) is 34.2 Å². The number of carbonyl (C=O) groups excluding carboxylic acids is 1. The molecule has 23 heavy (non-hydrogen) atoms. The van der Waals surface area contributed by atoms with E-state index < -0.39 is 0 Å². The Morgan fingerprint density at radius 2 is 1.91 bits per heavy atom. The van der Waals surface area contributed by atoms with E-state index in [9.17, 15) is 9.59 Å². The van der Waals surface area contributed by atoms with E-state index in [2.05, 4.69) is 10.6 Å². The fraction of sp³-hybridized carbons (Fsp3) is 0.500. The Morgan fingerprint density at radius 3 is 2.57 bits per heavy atom. The van der Waals surface area contributed by atoms with Crippen LogP contribution in [0.1, 0.15) is 20.3 Å². The van der Waals surface area contributed by atoms with Gasteiger partial charge in [0.15, 0.2) is 0 Å². The molecule has 0 aliphatic heterocycles. The first kappa shape index (κ1) is 19.3. The second-order valence-corrected chi connectivity index (χ2v) is 5.49. The summed E-state index contributed by atoms with van der Waals surface area (Å²) in [5.41, 5.74) is 1.66. The summed E-state index contributed by atoms with van der Waals surface area (Å²) in [7, 11) is 1.75. The molecule has 1 aromatic carbocycles. The van der Waals surface area contributed by atoms with Crippen LogP contribution in [0.25, 0.3) is 11.0 Å². The van der Waals surface area contributed by atoms with Crippen LogP contribution in [0.5, 0.6) is 0 Å². The lowest BCUT2D eigenvalue weighted by Crippen LogP contribution is -2.39. The number of likely N-dealkylation sites (N-methyl/N-ethyl adjacent to an activating group) is 1. The van der Waals surface area contributed by atoms with Gasteiger partial charge in [0.05, 0.1) is 11.0 Å². The predicted molar refractivity (Wildman–Crippen MR) is 95.2 cm³/mol. The van der Waals surface area contributed by atoms with E-state index in [-0.39, 0.29) is 30.0 Å². The lowest BCUT2D eigenvalue weighted by molar-refractivity contribution is -0.121. The quantitative estimate of drug-likeness (QED) is 0.797. The third kappa shape index (κ3) is 4.59. The molecule has 1 atom stereocenters. The number of amides is 1. The Kier molecular flexibility index (Phi) is 7.32. The number of benzene rings is 1. The summed E-state index contributed by atoms with van der Waals surface area (Å²) in [6.07, 6.45) is 0.298. The minimum Gasteiger partial charge on any atom is -0.354 e. The number of imidazole rings is 1. The number of hydrogen-bond donors (Lipinski definition) is 2. The first-order valence-corrected chi connectivity index (χ1v) is 7.69. The maximum absolute atomic E-state index is 12.2. The highest BCUT2D eigenvalue weighted by Gasteiger charge is 2.11. The van der Waals surface area contributed by atoms with Crippen LogP contribution < -0.4 is 16.3 Å². The van der Waals surface area contributed by atoms with Crippen molar-refractivity contribution < 1.29 is 4.79 Å². The Balaban J connectivity index is 0.00000264. The molecule has 0 spiro atoms. The van der Waals surface area contributed by atoms with Crippen molar-refractivity contribution in [3.05, 3.63) is 34.7 Å². The van der Waals surface area contributed by atoms with Crippen molar-refractivity contribution in [1.29, 1.82) is 0 Å². The fourth-order valence-corrected chi connectivity index (χ4v) is 2.57. The number of nitrogens with one attached hydrogen (secondary N) is 2. The standard InChI is InChI=1S/C16H24N4O2.ClH/c1-4-17-12(2)11-18-15(21)9-10-20-14-8-6-5-7-13(14)19(3)16(20)22;/h5-8,12,17H,4,9-11H2,1-3H3,(H,18,21);1H/t12-;/m1./s1. The van der Waals surface area contributed by atoms with Gasteiger partial charge in [0.2, 0.25) is 5.91 Å². The second kappa shape index (κ2) is 8.74. The molecule has 128 valence electrons. The Hall–Kier alpha value is -1.79. The van der Waals surface area contributed by atoms with Crippen LogP contribution in [0.15, 0.2) is 29.1 Å². The van der Waals surface area contributed by atoms with Gasteiger partial charge in [-0.1, -0.05) is 19.1 Å². The van der Waals surface area contributed by atoms with Crippen LogP contribution in [0, 0.1) is 0 Å². The maximum atomic E-state index is 12.2. The molecule has 0 bridgehead atoms. The average molecular weight is 341 g/mol. The lowest BCUT2D eigenvalue weighted by atomic mass is 10.3. The maximum Gasteiger partial charge on any atom is 0.328 e. The number of rotatable bonds is 7. The van der Waals surface area contributed by atoms with Crippen LogP contribution >= 0.6 is 12.4 Å². The van der Waals surface area contributed by atoms with Gasteiger partial charge in [-0.05, 0) is 25.6 Å². The van der Waals surface area contributed by atoms with Gasteiger partial charge in [0.1, 0.15) is 0 Å². The SMILES string of the molecule is CCN[C@H](C)CNC(=O)CCn1c(=O)n(C)c2ccccc21.Cl. The molecule has 6 nitrogen and oxygen atoms in total. The molecule has 2 rings (SSSR count). The lowest BCUT2D eigenvalue weighted by Gasteiger charge is -2.13. The van der Waals surface area contributed by atoms with Crippen molar-refractivity contribution in [2.45, 2.75) is 32.9 Å². The van der Waals surface area contributed by atoms with Crippen molar-refractivity contribution in [3.8, 4) is 0 Å². The van der Waals surface area contributed by atoms with Gasteiger partial charge in [-0.2, -0.15) is 0 Å². The van der Waals surface area contributed by atoms with Gasteiger partial charge in [-0.3, -0.25) is 13.9 Å². The first-order chi connectivity index (χ1) is 10.5. The van der Waals surface area contributed by atoms with Gasteiger partial charge in [-0.15, -0.1) is 12.4 Å². The van der Waals surface area contributed by atoms with Gasteiger partial charge >= 0.3 is 5.69 Å². The zero-order valence-corrected chi connectivity index (χ0v) is 14.7. The molecule has 0 saturated carbocycles. The van der Waals surface area contributed by atoms with Crippen molar-refractivity contribution in [2.24, 2.45) is 7.05 Å². The van der Waals surface area contributed by atoms with Gasteiger partial charge in [0, 0.05) is 32.6 Å². The van der Waals surface area contributed by atoms with Crippen molar-refractivity contribution in [2.75, 3.05) is 13.1 Å². The van der Waals surface area contributed by atoms with Gasteiger partial charge in [0.25, 0.3) is 0 Å². The van der Waals surface area contributed by atoms with E-state index in [0.717, 1.165) is 17.6 Å². The highest BCUT2D eigenvalue weighted by Crippen LogP contribution is 2.11. The minimum atomic E-state index is -0.0879. The number of aromatic nitrogens is 2. The number of para-hydroxylation sites is 2. The Morgan fingerprint density at radius 1 is 1.26 bits per heavy atom. The summed E-state index contributed by atoms with van der Waals surface area (Å²) < 4.78 is 3.27. The predicted octanol–water partition coefficient (Wildman–Crippen LogP) is 1.27. The molecule has 7 heteroatoms.